The van der Waals surface area contributed by atoms with Gasteiger partial charge in [-0.3, -0.25) is 4.79 Å². The van der Waals surface area contributed by atoms with Gasteiger partial charge in [0.2, 0.25) is 0 Å². The molecule has 0 aromatic carbocycles. The molecule has 1 aliphatic heterocycles. The Labute approximate surface area is 133 Å². The number of epoxide rings is 1. The molecule has 0 unspecified atom stereocenters. The first-order valence-electron chi connectivity index (χ1n) is 8.52. The second-order valence-electron chi connectivity index (χ2n) is 5.87. The minimum absolute atomic E-state index is 0.0292. The monoisotopic (exact) mass is 310 g/mol. The molecule has 0 bridgehead atoms. The van der Waals surface area contributed by atoms with Crippen molar-refractivity contribution in [1.82, 2.24) is 0 Å². The van der Waals surface area contributed by atoms with Crippen LogP contribution >= 0.6 is 0 Å². The molecule has 1 aliphatic rings. The lowest BCUT2D eigenvalue weighted by Crippen LogP contribution is -2.13. The summed E-state index contributed by atoms with van der Waals surface area (Å²) in [6.45, 7) is 2.10. The Hall–Kier alpha value is -1.13. The largest absolute Gasteiger partial charge is 0.481 e. The summed E-state index contributed by atoms with van der Waals surface area (Å²) in [5.41, 5.74) is 0. The molecule has 0 aliphatic carbocycles. The van der Waals surface area contributed by atoms with Crippen LogP contribution in [0.15, 0.2) is 24.3 Å². The van der Waals surface area contributed by atoms with Crippen molar-refractivity contribution in [3.63, 3.8) is 0 Å². The minimum atomic E-state index is -0.707. The molecule has 1 heterocycles. The summed E-state index contributed by atoms with van der Waals surface area (Å²) < 4.78 is 5.52. The summed E-state index contributed by atoms with van der Waals surface area (Å²) in [7, 11) is 0. The number of hydrogen-bond donors (Lipinski definition) is 2. The van der Waals surface area contributed by atoms with Gasteiger partial charge >= 0.3 is 5.97 Å². The van der Waals surface area contributed by atoms with Crippen molar-refractivity contribution >= 4 is 5.97 Å². The summed E-state index contributed by atoms with van der Waals surface area (Å²) in [6, 6.07) is 0. The lowest BCUT2D eigenvalue weighted by atomic mass is 10.1. The maximum absolute atomic E-state index is 10.4. The zero-order chi connectivity index (χ0) is 16.2. The van der Waals surface area contributed by atoms with Crippen LogP contribution in [0, 0.1) is 0 Å². The molecule has 3 atom stereocenters. The second-order valence-corrected chi connectivity index (χ2v) is 5.87. The van der Waals surface area contributed by atoms with Gasteiger partial charge in [-0.15, -0.1) is 0 Å². The van der Waals surface area contributed by atoms with E-state index >= 15 is 0 Å². The number of rotatable bonds is 13. The van der Waals surface area contributed by atoms with Crippen LogP contribution in [0.1, 0.15) is 64.7 Å². The van der Waals surface area contributed by atoms with E-state index in [1.54, 1.807) is 0 Å². The molecule has 1 saturated heterocycles. The van der Waals surface area contributed by atoms with E-state index < -0.39 is 12.1 Å². The Kier molecular flexibility index (Phi) is 9.84. The molecule has 4 heteroatoms. The lowest BCUT2D eigenvalue weighted by Gasteiger charge is -2.01. The second kappa shape index (κ2) is 11.4. The highest BCUT2D eigenvalue weighted by atomic mass is 16.6. The van der Waals surface area contributed by atoms with Gasteiger partial charge in [0.25, 0.3) is 0 Å². The van der Waals surface area contributed by atoms with E-state index in [1.165, 1.54) is 0 Å². The van der Waals surface area contributed by atoms with Crippen LogP contribution in [-0.2, 0) is 9.53 Å². The van der Waals surface area contributed by atoms with Gasteiger partial charge in [-0.25, -0.2) is 0 Å². The lowest BCUT2D eigenvalue weighted by molar-refractivity contribution is -0.137. The zero-order valence-electron chi connectivity index (χ0n) is 13.6. The number of allylic oxidation sites excluding steroid dienone is 3. The standard InChI is InChI=1S/C18H30O4/c1-2-3-4-6-9-12-15(19)18-16(22-18)13-10-7-5-8-11-14-17(20)21/h3-4,9,12,15-16,18-19H,2,5-8,10-11,13-14H2,1H3,(H,20,21)/b4-3-,12-9-/t15-,16+,18+/m0/s1. The highest BCUT2D eigenvalue weighted by Crippen LogP contribution is 2.30. The van der Waals surface area contributed by atoms with Crippen LogP contribution in [-0.4, -0.2) is 34.5 Å². The Balaban J connectivity index is 1.97. The molecule has 0 aromatic heterocycles. The zero-order valence-corrected chi connectivity index (χ0v) is 13.6. The summed E-state index contributed by atoms with van der Waals surface area (Å²) >= 11 is 0. The van der Waals surface area contributed by atoms with Gasteiger partial charge in [0, 0.05) is 6.42 Å². The molecule has 1 rings (SSSR count). The third-order valence-corrected chi connectivity index (χ3v) is 3.85. The molecule has 0 amide bonds. The Bertz CT molecular complexity index is 362. The fourth-order valence-electron chi connectivity index (χ4n) is 2.51. The van der Waals surface area contributed by atoms with Gasteiger partial charge < -0.3 is 14.9 Å². The normalized spacial score (nSPS) is 22.5. The number of aliphatic hydroxyl groups excluding tert-OH is 1. The van der Waals surface area contributed by atoms with Gasteiger partial charge in [0.15, 0.2) is 0 Å². The van der Waals surface area contributed by atoms with Crippen molar-refractivity contribution in [1.29, 1.82) is 0 Å². The van der Waals surface area contributed by atoms with Crippen molar-refractivity contribution < 1.29 is 19.7 Å². The Morgan fingerprint density at radius 1 is 1.14 bits per heavy atom. The maximum atomic E-state index is 10.4. The molecular formula is C18H30O4. The van der Waals surface area contributed by atoms with E-state index in [0.29, 0.717) is 0 Å². The number of ether oxygens (including phenoxy) is 1. The SMILES string of the molecule is CC/C=C\C/C=C\[C@H](O)[C@H]1O[C@@H]1CCCCCCCC(=O)O. The number of carboxylic acid groups (broad SMARTS) is 1. The van der Waals surface area contributed by atoms with E-state index in [2.05, 4.69) is 19.1 Å². The number of aliphatic hydroxyl groups is 1. The average molecular weight is 310 g/mol. The molecule has 0 saturated carbocycles. The molecule has 0 spiro atoms. The third kappa shape index (κ3) is 9.00. The fourth-order valence-corrected chi connectivity index (χ4v) is 2.51. The summed E-state index contributed by atoms with van der Waals surface area (Å²) in [6.07, 6.45) is 15.9. The summed E-state index contributed by atoms with van der Waals surface area (Å²) in [5, 5.41) is 18.5. The predicted molar refractivity (Wildman–Crippen MR) is 87.8 cm³/mol. The molecule has 1 fully saturated rings. The highest BCUT2D eigenvalue weighted by Gasteiger charge is 2.42. The van der Waals surface area contributed by atoms with E-state index in [0.717, 1.165) is 51.4 Å². The first kappa shape index (κ1) is 18.9. The topological polar surface area (TPSA) is 70.1 Å². The molecular weight excluding hydrogens is 280 g/mol. The number of hydrogen-bond acceptors (Lipinski definition) is 3. The smallest absolute Gasteiger partial charge is 0.303 e. The molecule has 126 valence electrons. The predicted octanol–water partition coefficient (Wildman–Crippen LogP) is 3.84. The number of unbranched alkanes of at least 4 members (excludes halogenated alkanes) is 4. The van der Waals surface area contributed by atoms with Crippen LogP contribution in [0.25, 0.3) is 0 Å². The Morgan fingerprint density at radius 3 is 2.59 bits per heavy atom. The summed E-state index contributed by atoms with van der Waals surface area (Å²) in [5.74, 6) is -0.707. The van der Waals surface area contributed by atoms with Gasteiger partial charge in [-0.05, 0) is 25.7 Å². The number of aliphatic carboxylic acids is 1. The molecule has 22 heavy (non-hydrogen) atoms. The van der Waals surface area contributed by atoms with Gasteiger partial charge in [0.05, 0.1) is 6.10 Å². The van der Waals surface area contributed by atoms with Crippen LogP contribution in [0.2, 0.25) is 0 Å². The van der Waals surface area contributed by atoms with E-state index in [4.69, 9.17) is 9.84 Å². The van der Waals surface area contributed by atoms with Crippen molar-refractivity contribution in [3.05, 3.63) is 24.3 Å². The van der Waals surface area contributed by atoms with Gasteiger partial charge in [-0.1, -0.05) is 56.9 Å². The highest BCUT2D eigenvalue weighted by molar-refractivity contribution is 5.66. The fraction of sp³-hybridized carbons (Fsp3) is 0.722. The van der Waals surface area contributed by atoms with Gasteiger partial charge in [-0.2, -0.15) is 0 Å². The van der Waals surface area contributed by atoms with Crippen LogP contribution < -0.4 is 0 Å². The van der Waals surface area contributed by atoms with Gasteiger partial charge in [0.1, 0.15) is 12.2 Å². The van der Waals surface area contributed by atoms with Crippen molar-refractivity contribution in [3.8, 4) is 0 Å². The van der Waals surface area contributed by atoms with Crippen molar-refractivity contribution in [2.45, 2.75) is 83.0 Å². The quantitative estimate of drug-likeness (QED) is 0.308. The van der Waals surface area contributed by atoms with Crippen LogP contribution in [0.5, 0.6) is 0 Å². The molecule has 0 aromatic rings. The minimum Gasteiger partial charge on any atom is -0.481 e. The van der Waals surface area contributed by atoms with E-state index in [9.17, 15) is 9.90 Å². The van der Waals surface area contributed by atoms with Crippen molar-refractivity contribution in [2.24, 2.45) is 0 Å². The van der Waals surface area contributed by atoms with Crippen molar-refractivity contribution in [2.75, 3.05) is 0 Å². The number of carboxylic acids is 1. The first-order valence-corrected chi connectivity index (χ1v) is 8.52. The summed E-state index contributed by atoms with van der Waals surface area (Å²) in [4.78, 5) is 10.4. The maximum Gasteiger partial charge on any atom is 0.303 e. The van der Waals surface area contributed by atoms with Crippen LogP contribution in [0.4, 0.5) is 0 Å². The number of carbonyl (C=O) groups is 1. The molecule has 4 nitrogen and oxygen atoms in total. The Morgan fingerprint density at radius 2 is 1.86 bits per heavy atom. The van der Waals surface area contributed by atoms with E-state index in [-0.39, 0.29) is 18.6 Å². The molecule has 0 radical (unpaired) electrons. The van der Waals surface area contributed by atoms with E-state index in [1.807, 2.05) is 12.2 Å². The van der Waals surface area contributed by atoms with Crippen LogP contribution in [0.3, 0.4) is 0 Å². The first-order chi connectivity index (χ1) is 10.6. The molecule has 2 N–H and O–H groups in total. The third-order valence-electron chi connectivity index (χ3n) is 3.85. The average Bonchev–Trinajstić information content (AvgIpc) is 3.25.